The van der Waals surface area contributed by atoms with Gasteiger partial charge in [-0.3, -0.25) is 0 Å². The first-order chi connectivity index (χ1) is 13.8. The van der Waals surface area contributed by atoms with Crippen molar-refractivity contribution in [2.24, 2.45) is 0 Å². The van der Waals surface area contributed by atoms with Crippen LogP contribution in [-0.2, 0) is 11.2 Å². The molecule has 0 bridgehead atoms. The minimum absolute atomic E-state index is 0.223. The molecule has 1 rings (SSSR count). The molecular formula is C28H38O. The second kappa shape index (κ2) is 15.3. The second-order valence-electron chi connectivity index (χ2n) is 7.35. The van der Waals surface area contributed by atoms with Crippen molar-refractivity contribution in [2.75, 3.05) is 0 Å². The summed E-state index contributed by atoms with van der Waals surface area (Å²) < 4.78 is 0. The van der Waals surface area contributed by atoms with E-state index in [4.69, 9.17) is 6.42 Å². The van der Waals surface area contributed by atoms with Gasteiger partial charge in [0.25, 0.3) is 0 Å². The fourth-order valence-electron chi connectivity index (χ4n) is 2.87. The third-order valence-electron chi connectivity index (χ3n) is 4.64. The zero-order valence-corrected chi connectivity index (χ0v) is 19.3. The zero-order valence-electron chi connectivity index (χ0n) is 19.3. The maximum Gasteiger partial charge on any atom is 0.130 e. The van der Waals surface area contributed by atoms with Gasteiger partial charge in [-0.15, -0.1) is 6.42 Å². The van der Waals surface area contributed by atoms with Crippen molar-refractivity contribution < 1.29 is 4.79 Å². The topological polar surface area (TPSA) is 17.1 Å². The molecule has 0 spiro atoms. The monoisotopic (exact) mass is 390 g/mol. The van der Waals surface area contributed by atoms with Crippen molar-refractivity contribution in [1.29, 1.82) is 0 Å². The smallest absolute Gasteiger partial charge is 0.130 e. The largest absolute Gasteiger partial charge is 0.300 e. The molecule has 0 radical (unpaired) electrons. The number of carbonyl (C=O) groups excluding carboxylic acids is 1. The van der Waals surface area contributed by atoms with Gasteiger partial charge >= 0.3 is 0 Å². The van der Waals surface area contributed by atoms with E-state index in [1.165, 1.54) is 35.1 Å². The van der Waals surface area contributed by atoms with Crippen LogP contribution in [-0.4, -0.2) is 5.78 Å². The fraction of sp³-hybridized carbons (Fsp3) is 0.393. The molecule has 0 amide bonds. The van der Waals surface area contributed by atoms with Gasteiger partial charge in [0, 0.05) is 12.0 Å². The van der Waals surface area contributed by atoms with Crippen LogP contribution >= 0.6 is 0 Å². The van der Waals surface area contributed by atoms with Crippen molar-refractivity contribution in [3.63, 3.8) is 0 Å². The molecule has 0 aliphatic carbocycles. The third kappa shape index (κ3) is 11.1. The average Bonchev–Trinajstić information content (AvgIpc) is 2.71. The van der Waals surface area contributed by atoms with Crippen LogP contribution in [0, 0.1) is 12.3 Å². The van der Waals surface area contributed by atoms with Crippen molar-refractivity contribution in [2.45, 2.75) is 73.6 Å². The van der Waals surface area contributed by atoms with Gasteiger partial charge in [0.15, 0.2) is 0 Å². The molecule has 0 fully saturated rings. The standard InChI is InChI=1S/C16H26.C12H12O/c1-7-10-12-16(13(4)5)14(6)15(9-3)11-8-2;1-3-11-6-8-12(9-7-11)5-4-10(2)13/h8-9,11H,6-7,10,12H2,1-5H3;1,6-9H,4-5H2,2H3/b11-8-,15-9+;. The first-order valence-electron chi connectivity index (χ1n) is 10.5. The summed E-state index contributed by atoms with van der Waals surface area (Å²) in [6.45, 7) is 16.6. The van der Waals surface area contributed by atoms with Gasteiger partial charge in [-0.25, -0.2) is 0 Å². The molecule has 1 nitrogen and oxygen atoms in total. The molecule has 0 unspecified atom stereocenters. The van der Waals surface area contributed by atoms with Crippen LogP contribution in [0.2, 0.25) is 0 Å². The van der Waals surface area contributed by atoms with Crippen molar-refractivity contribution in [3.05, 3.63) is 82.5 Å². The highest BCUT2D eigenvalue weighted by Crippen LogP contribution is 2.26. The van der Waals surface area contributed by atoms with Gasteiger partial charge < -0.3 is 4.79 Å². The van der Waals surface area contributed by atoms with Gasteiger partial charge in [-0.1, -0.05) is 61.8 Å². The average molecular weight is 391 g/mol. The Kier molecular flexibility index (Phi) is 14.0. The first-order valence-corrected chi connectivity index (χ1v) is 10.5. The van der Waals surface area contributed by atoms with Gasteiger partial charge in [0.2, 0.25) is 0 Å². The molecular weight excluding hydrogens is 352 g/mol. The third-order valence-corrected chi connectivity index (χ3v) is 4.64. The summed E-state index contributed by atoms with van der Waals surface area (Å²) in [5, 5.41) is 0. The highest BCUT2D eigenvalue weighted by Gasteiger charge is 2.07. The van der Waals surface area contributed by atoms with E-state index < -0.39 is 0 Å². The maximum atomic E-state index is 10.7. The van der Waals surface area contributed by atoms with Crippen molar-refractivity contribution >= 4 is 5.78 Å². The Balaban J connectivity index is 0.000000551. The summed E-state index contributed by atoms with van der Waals surface area (Å²) in [5.41, 5.74) is 7.29. The van der Waals surface area contributed by atoms with E-state index >= 15 is 0 Å². The Bertz CT molecular complexity index is 773. The maximum absolute atomic E-state index is 10.7. The molecule has 0 aliphatic rings. The minimum Gasteiger partial charge on any atom is -0.300 e. The van der Waals surface area contributed by atoms with Gasteiger partial charge in [0.05, 0.1) is 0 Å². The molecule has 0 saturated heterocycles. The lowest BCUT2D eigenvalue weighted by Crippen LogP contribution is -1.94. The highest BCUT2D eigenvalue weighted by atomic mass is 16.1. The van der Waals surface area contributed by atoms with Gasteiger partial charge in [-0.2, -0.15) is 0 Å². The highest BCUT2D eigenvalue weighted by molar-refractivity contribution is 5.75. The predicted molar refractivity (Wildman–Crippen MR) is 129 cm³/mol. The van der Waals surface area contributed by atoms with Crippen LogP contribution in [0.3, 0.4) is 0 Å². The number of aryl methyl sites for hydroxylation is 1. The quantitative estimate of drug-likeness (QED) is 0.311. The number of rotatable bonds is 9. The number of unbranched alkanes of at least 4 members (excludes halogenated alkanes) is 1. The van der Waals surface area contributed by atoms with Crippen molar-refractivity contribution in [1.82, 2.24) is 0 Å². The van der Waals surface area contributed by atoms with E-state index in [1.807, 2.05) is 31.2 Å². The molecule has 0 N–H and O–H groups in total. The Morgan fingerprint density at radius 2 is 1.72 bits per heavy atom. The number of Topliss-reactive ketones (excluding diaryl/α,β-unsaturated/α-hetero) is 1. The van der Waals surface area contributed by atoms with Crippen LogP contribution in [0.25, 0.3) is 0 Å². The van der Waals surface area contributed by atoms with E-state index in [2.05, 4.69) is 58.4 Å². The lowest BCUT2D eigenvalue weighted by atomic mass is 9.92. The number of carbonyl (C=O) groups is 1. The summed E-state index contributed by atoms with van der Waals surface area (Å²) in [5.74, 6) is 2.78. The summed E-state index contributed by atoms with van der Waals surface area (Å²) in [4.78, 5) is 10.7. The fourth-order valence-corrected chi connectivity index (χ4v) is 2.87. The van der Waals surface area contributed by atoms with E-state index in [9.17, 15) is 4.79 Å². The van der Waals surface area contributed by atoms with E-state index in [1.54, 1.807) is 6.92 Å². The summed E-state index contributed by atoms with van der Waals surface area (Å²) >= 11 is 0. The van der Waals surface area contributed by atoms with Crippen LogP contribution in [0.4, 0.5) is 0 Å². The number of hydrogen-bond acceptors (Lipinski definition) is 1. The van der Waals surface area contributed by atoms with E-state index in [-0.39, 0.29) is 5.78 Å². The summed E-state index contributed by atoms with van der Waals surface area (Å²) in [6, 6.07) is 7.74. The molecule has 0 heterocycles. The summed E-state index contributed by atoms with van der Waals surface area (Å²) in [6.07, 6.45) is 16.6. The van der Waals surface area contributed by atoms with Crippen LogP contribution in [0.1, 0.15) is 78.4 Å². The molecule has 156 valence electrons. The first kappa shape index (κ1) is 26.4. The Labute approximate surface area is 179 Å². The number of hydrogen-bond donors (Lipinski definition) is 0. The Morgan fingerprint density at radius 3 is 2.14 bits per heavy atom. The van der Waals surface area contributed by atoms with Crippen LogP contribution in [0.5, 0.6) is 0 Å². The molecule has 1 heteroatoms. The molecule has 0 aromatic heterocycles. The number of allylic oxidation sites excluding steroid dienone is 7. The van der Waals surface area contributed by atoms with Gasteiger partial charge in [0.1, 0.15) is 5.78 Å². The second-order valence-corrected chi connectivity index (χ2v) is 7.35. The SMILES string of the molecule is C#Cc1ccc(CCC(C)=O)cc1.C=C(C(CCCC)=C(C)C)C(/C=C\C)=C/C. The molecule has 1 aromatic carbocycles. The molecule has 0 saturated carbocycles. The van der Waals surface area contributed by atoms with Crippen LogP contribution < -0.4 is 0 Å². The number of ketones is 1. The normalized spacial score (nSPS) is 10.7. The number of benzene rings is 1. The Morgan fingerprint density at radius 1 is 1.10 bits per heavy atom. The van der Waals surface area contributed by atoms with E-state index in [0.29, 0.717) is 6.42 Å². The van der Waals surface area contributed by atoms with Crippen molar-refractivity contribution in [3.8, 4) is 12.3 Å². The predicted octanol–water partition coefficient (Wildman–Crippen LogP) is 7.78. The molecule has 0 atom stereocenters. The molecule has 29 heavy (non-hydrogen) atoms. The van der Waals surface area contributed by atoms with Gasteiger partial charge in [-0.05, 0) is 88.3 Å². The lowest BCUT2D eigenvalue weighted by Gasteiger charge is -2.14. The number of terminal acetylenes is 1. The van der Waals surface area contributed by atoms with Crippen LogP contribution in [0.15, 0.2) is 71.4 Å². The Hall–Kier alpha value is -2.59. The van der Waals surface area contributed by atoms with E-state index in [0.717, 1.165) is 24.0 Å². The molecule has 0 aliphatic heterocycles. The molecule has 1 aromatic rings. The lowest BCUT2D eigenvalue weighted by molar-refractivity contribution is -0.116. The zero-order chi connectivity index (χ0) is 22.2. The summed E-state index contributed by atoms with van der Waals surface area (Å²) in [7, 11) is 0. The minimum atomic E-state index is 0.223.